The third-order valence-electron chi connectivity index (χ3n) is 7.63. The van der Waals surface area contributed by atoms with Crippen molar-refractivity contribution in [2.45, 2.75) is 72.0 Å². The van der Waals surface area contributed by atoms with E-state index in [0.717, 1.165) is 42.1 Å². The molecule has 8 heteroatoms. The summed E-state index contributed by atoms with van der Waals surface area (Å²) >= 11 is 6.54. The molecule has 0 saturated heterocycles. The van der Waals surface area contributed by atoms with E-state index in [-0.39, 0.29) is 17.9 Å². The lowest BCUT2D eigenvalue weighted by Gasteiger charge is -2.40. The molecule has 36 heavy (non-hydrogen) atoms. The summed E-state index contributed by atoms with van der Waals surface area (Å²) in [5, 5.41) is 6.79. The first-order valence-electron chi connectivity index (χ1n) is 13.0. The fraction of sp³-hybridized carbons (Fsp3) is 0.571. The Labute approximate surface area is 220 Å². The number of aromatic nitrogens is 1. The second-order valence-corrected chi connectivity index (χ2v) is 10.5. The molecule has 7 nitrogen and oxygen atoms in total. The van der Waals surface area contributed by atoms with Crippen LogP contribution in [0, 0.1) is 13.8 Å². The van der Waals surface area contributed by atoms with Crippen molar-refractivity contribution >= 4 is 29.0 Å². The Balaban J connectivity index is 1.85. The molecule has 0 bridgehead atoms. The van der Waals surface area contributed by atoms with E-state index in [1.54, 1.807) is 12.1 Å². The standard InChI is InChI=1S/C28H42ClN5O2/c1-8-30-27-24(26(35)14-18(3)33(27)7)17-31-28(36)23-15-20(29)16-25(19(23)4)34(9-2)22-12-10-21(11-13-22)32(5)6/h14-16,21-22,30H,8-13,17H2,1-7H3,(H,31,36)/t21-,22-. The largest absolute Gasteiger partial charge is 0.371 e. The topological polar surface area (TPSA) is 69.6 Å². The van der Waals surface area contributed by atoms with Gasteiger partial charge in [-0.1, -0.05) is 11.6 Å². The van der Waals surface area contributed by atoms with Gasteiger partial charge in [0.15, 0.2) is 5.43 Å². The zero-order valence-electron chi connectivity index (χ0n) is 22.9. The molecule has 0 aliphatic heterocycles. The van der Waals surface area contributed by atoms with Crippen LogP contribution < -0.4 is 21.0 Å². The minimum Gasteiger partial charge on any atom is -0.371 e. The molecule has 1 amide bonds. The SMILES string of the molecule is CCNc1c(CNC(=O)c2cc(Cl)cc(N(CC)[C@H]3CC[C@H](N(C)C)CC3)c2C)c(=O)cc(C)n1C. The number of nitrogens with one attached hydrogen (secondary N) is 2. The van der Waals surface area contributed by atoms with Crippen LogP contribution in [0.2, 0.25) is 5.02 Å². The number of benzene rings is 1. The Bertz CT molecular complexity index is 1140. The maximum atomic E-state index is 13.4. The van der Waals surface area contributed by atoms with Crippen LogP contribution in [-0.2, 0) is 13.6 Å². The molecule has 198 valence electrons. The maximum Gasteiger partial charge on any atom is 0.251 e. The molecule has 1 heterocycles. The van der Waals surface area contributed by atoms with Crippen LogP contribution in [-0.4, -0.2) is 54.6 Å². The molecule has 1 aromatic heterocycles. The van der Waals surface area contributed by atoms with Gasteiger partial charge in [0, 0.05) is 60.3 Å². The molecule has 1 aliphatic carbocycles. The average Bonchev–Trinajstić information content (AvgIpc) is 2.84. The van der Waals surface area contributed by atoms with Crippen molar-refractivity contribution in [2.24, 2.45) is 7.05 Å². The first-order chi connectivity index (χ1) is 17.1. The summed E-state index contributed by atoms with van der Waals surface area (Å²) in [5.74, 6) is 0.505. The van der Waals surface area contributed by atoms with Crippen molar-refractivity contribution in [1.29, 1.82) is 0 Å². The van der Waals surface area contributed by atoms with Crippen molar-refractivity contribution in [2.75, 3.05) is 37.4 Å². The smallest absolute Gasteiger partial charge is 0.251 e. The van der Waals surface area contributed by atoms with Gasteiger partial charge >= 0.3 is 0 Å². The lowest BCUT2D eigenvalue weighted by Crippen LogP contribution is -2.42. The monoisotopic (exact) mass is 515 g/mol. The van der Waals surface area contributed by atoms with Gasteiger partial charge < -0.3 is 25.0 Å². The molecule has 3 rings (SSSR count). The van der Waals surface area contributed by atoms with Gasteiger partial charge in [0.2, 0.25) is 0 Å². The number of aryl methyl sites for hydroxylation is 1. The van der Waals surface area contributed by atoms with E-state index in [1.807, 2.05) is 38.5 Å². The molecule has 1 aromatic carbocycles. The van der Waals surface area contributed by atoms with E-state index < -0.39 is 0 Å². The molecule has 0 radical (unpaired) electrons. The van der Waals surface area contributed by atoms with Gasteiger partial charge in [-0.15, -0.1) is 0 Å². The molecule has 2 N–H and O–H groups in total. The highest BCUT2D eigenvalue weighted by atomic mass is 35.5. The summed E-state index contributed by atoms with van der Waals surface area (Å²) in [6.45, 7) is 9.70. The first-order valence-corrected chi connectivity index (χ1v) is 13.4. The van der Waals surface area contributed by atoms with E-state index in [1.165, 1.54) is 12.8 Å². The zero-order chi connectivity index (χ0) is 26.6. The van der Waals surface area contributed by atoms with E-state index in [0.29, 0.717) is 34.8 Å². The highest BCUT2D eigenvalue weighted by Gasteiger charge is 2.28. The van der Waals surface area contributed by atoms with Crippen molar-refractivity contribution in [3.8, 4) is 0 Å². The van der Waals surface area contributed by atoms with Crippen LogP contribution in [0.1, 0.15) is 66.7 Å². The summed E-state index contributed by atoms with van der Waals surface area (Å²) in [5.41, 5.74) is 3.80. The molecule has 0 atom stereocenters. The van der Waals surface area contributed by atoms with E-state index >= 15 is 0 Å². The molecule has 1 aliphatic rings. The van der Waals surface area contributed by atoms with E-state index in [9.17, 15) is 9.59 Å². The molecule has 0 unspecified atom stereocenters. The first kappa shape index (κ1) is 28.1. The summed E-state index contributed by atoms with van der Waals surface area (Å²) in [6.07, 6.45) is 4.57. The summed E-state index contributed by atoms with van der Waals surface area (Å²) in [7, 11) is 6.22. The normalized spacial score (nSPS) is 17.8. The predicted octanol–water partition coefficient (Wildman–Crippen LogP) is 4.72. The van der Waals surface area contributed by atoms with Gasteiger partial charge in [0.05, 0.1) is 12.1 Å². The van der Waals surface area contributed by atoms with Crippen LogP contribution in [0.25, 0.3) is 0 Å². The summed E-state index contributed by atoms with van der Waals surface area (Å²) in [4.78, 5) is 30.8. The lowest BCUT2D eigenvalue weighted by atomic mass is 9.89. The molecule has 1 fully saturated rings. The number of anilines is 2. The molecular formula is C28H42ClN5O2. The number of rotatable bonds is 9. The van der Waals surface area contributed by atoms with Crippen molar-refractivity contribution in [1.82, 2.24) is 14.8 Å². The third kappa shape index (κ3) is 6.06. The van der Waals surface area contributed by atoms with Gasteiger partial charge in [0.1, 0.15) is 5.82 Å². The van der Waals surface area contributed by atoms with E-state index in [2.05, 4.69) is 41.5 Å². The number of carbonyl (C=O) groups is 1. The number of hydrogen-bond donors (Lipinski definition) is 2. The number of halogens is 1. The van der Waals surface area contributed by atoms with Crippen LogP contribution in [0.4, 0.5) is 11.5 Å². The minimum atomic E-state index is -0.228. The van der Waals surface area contributed by atoms with Crippen molar-refractivity contribution < 1.29 is 4.79 Å². The van der Waals surface area contributed by atoms with Gasteiger partial charge in [-0.2, -0.15) is 0 Å². The fourth-order valence-corrected chi connectivity index (χ4v) is 5.62. The van der Waals surface area contributed by atoms with Crippen LogP contribution >= 0.6 is 11.6 Å². The number of carbonyl (C=O) groups excluding carboxylic acids is 1. The summed E-state index contributed by atoms with van der Waals surface area (Å²) in [6, 6.07) is 6.37. The average molecular weight is 516 g/mol. The number of nitrogens with zero attached hydrogens (tertiary/aromatic N) is 3. The Hall–Kier alpha value is -2.51. The lowest BCUT2D eigenvalue weighted by molar-refractivity contribution is 0.0950. The van der Waals surface area contributed by atoms with Crippen LogP contribution in [0.15, 0.2) is 23.0 Å². The minimum absolute atomic E-state index is 0.0872. The van der Waals surface area contributed by atoms with Gasteiger partial charge in [-0.05, 0) is 85.2 Å². The molecule has 2 aromatic rings. The Morgan fingerprint density at radius 3 is 2.31 bits per heavy atom. The summed E-state index contributed by atoms with van der Waals surface area (Å²) < 4.78 is 1.94. The van der Waals surface area contributed by atoms with Gasteiger partial charge in [-0.25, -0.2) is 0 Å². The fourth-order valence-electron chi connectivity index (χ4n) is 5.41. The van der Waals surface area contributed by atoms with Crippen molar-refractivity contribution in [3.05, 3.63) is 55.8 Å². The number of hydrogen-bond acceptors (Lipinski definition) is 5. The third-order valence-corrected chi connectivity index (χ3v) is 7.85. The van der Waals surface area contributed by atoms with Gasteiger partial charge in [0.25, 0.3) is 5.91 Å². The number of amides is 1. The Kier molecular flexibility index (Phi) is 9.47. The molecule has 0 spiro atoms. The Morgan fingerprint density at radius 2 is 1.72 bits per heavy atom. The van der Waals surface area contributed by atoms with Crippen LogP contribution in [0.5, 0.6) is 0 Å². The second kappa shape index (κ2) is 12.2. The quantitative estimate of drug-likeness (QED) is 0.506. The highest BCUT2D eigenvalue weighted by Crippen LogP contribution is 2.34. The van der Waals surface area contributed by atoms with Crippen LogP contribution in [0.3, 0.4) is 0 Å². The van der Waals surface area contributed by atoms with Crippen molar-refractivity contribution in [3.63, 3.8) is 0 Å². The second-order valence-electron chi connectivity index (χ2n) is 10.1. The molecule has 1 saturated carbocycles. The van der Waals surface area contributed by atoms with Gasteiger partial charge in [-0.3, -0.25) is 9.59 Å². The molecular weight excluding hydrogens is 474 g/mol. The zero-order valence-corrected chi connectivity index (χ0v) is 23.6. The van der Waals surface area contributed by atoms with E-state index in [4.69, 9.17) is 11.6 Å². The number of pyridine rings is 1. The predicted molar refractivity (Wildman–Crippen MR) is 151 cm³/mol. The highest BCUT2D eigenvalue weighted by molar-refractivity contribution is 6.31. The maximum absolute atomic E-state index is 13.4. The Morgan fingerprint density at radius 1 is 1.08 bits per heavy atom.